The largest absolute Gasteiger partial charge is 0.385 e. The van der Waals surface area contributed by atoms with Gasteiger partial charge in [0.1, 0.15) is 0 Å². The maximum Gasteiger partial charge on any atom is 0.0910 e. The summed E-state index contributed by atoms with van der Waals surface area (Å²) in [5.74, 6) is 0. The maximum absolute atomic E-state index is 10.3. The zero-order valence-corrected chi connectivity index (χ0v) is 10.1. The second kappa shape index (κ2) is 3.84. The standard InChI is InChI=1S/C11H12BrClO/c12-8-3-4-9(10(13)7-8)11(14)5-1-2-6-11/h3-4,7,14H,1-2,5-6H2. The number of benzene rings is 1. The minimum atomic E-state index is -0.683. The molecule has 0 saturated heterocycles. The van der Waals surface area contributed by atoms with Gasteiger partial charge < -0.3 is 5.11 Å². The van der Waals surface area contributed by atoms with E-state index >= 15 is 0 Å². The van der Waals surface area contributed by atoms with E-state index in [1.807, 2.05) is 18.2 Å². The van der Waals surface area contributed by atoms with Crippen molar-refractivity contribution in [2.45, 2.75) is 31.3 Å². The van der Waals surface area contributed by atoms with E-state index in [1.54, 1.807) is 0 Å². The molecule has 0 amide bonds. The number of hydrogen-bond acceptors (Lipinski definition) is 1. The third-order valence-electron chi connectivity index (χ3n) is 2.86. The van der Waals surface area contributed by atoms with Crippen molar-refractivity contribution in [2.24, 2.45) is 0 Å². The van der Waals surface area contributed by atoms with E-state index in [-0.39, 0.29) is 0 Å². The molecule has 1 aromatic carbocycles. The highest BCUT2D eigenvalue weighted by Gasteiger charge is 2.34. The van der Waals surface area contributed by atoms with Crippen molar-refractivity contribution in [3.8, 4) is 0 Å². The first-order valence-corrected chi connectivity index (χ1v) is 5.97. The zero-order chi connectivity index (χ0) is 10.2. The molecule has 0 atom stereocenters. The molecule has 1 aliphatic carbocycles. The molecular formula is C11H12BrClO. The van der Waals surface area contributed by atoms with Gasteiger partial charge in [0, 0.05) is 15.1 Å². The van der Waals surface area contributed by atoms with Gasteiger partial charge in [0.25, 0.3) is 0 Å². The van der Waals surface area contributed by atoms with Crippen molar-refractivity contribution in [3.05, 3.63) is 33.3 Å². The van der Waals surface area contributed by atoms with Gasteiger partial charge in [0.2, 0.25) is 0 Å². The first kappa shape index (κ1) is 10.5. The van der Waals surface area contributed by atoms with Crippen LogP contribution in [0.1, 0.15) is 31.2 Å². The lowest BCUT2D eigenvalue weighted by molar-refractivity contribution is 0.0446. The van der Waals surface area contributed by atoms with E-state index in [9.17, 15) is 5.11 Å². The Labute approximate surface area is 97.2 Å². The van der Waals surface area contributed by atoms with Crippen LogP contribution >= 0.6 is 27.5 Å². The van der Waals surface area contributed by atoms with Crippen LogP contribution in [0.5, 0.6) is 0 Å². The summed E-state index contributed by atoms with van der Waals surface area (Å²) >= 11 is 9.47. The maximum atomic E-state index is 10.3. The fraction of sp³-hybridized carbons (Fsp3) is 0.455. The fourth-order valence-corrected chi connectivity index (χ4v) is 2.95. The molecule has 0 spiro atoms. The quantitative estimate of drug-likeness (QED) is 0.825. The van der Waals surface area contributed by atoms with Crippen molar-refractivity contribution in [2.75, 3.05) is 0 Å². The van der Waals surface area contributed by atoms with Crippen molar-refractivity contribution >= 4 is 27.5 Å². The monoisotopic (exact) mass is 274 g/mol. The Morgan fingerprint density at radius 1 is 1.29 bits per heavy atom. The molecule has 1 fully saturated rings. The smallest absolute Gasteiger partial charge is 0.0910 e. The van der Waals surface area contributed by atoms with E-state index in [1.165, 1.54) is 0 Å². The van der Waals surface area contributed by atoms with Gasteiger partial charge in [-0.3, -0.25) is 0 Å². The van der Waals surface area contributed by atoms with Gasteiger partial charge in [-0.05, 0) is 25.0 Å². The van der Waals surface area contributed by atoms with Crippen LogP contribution < -0.4 is 0 Å². The summed E-state index contributed by atoms with van der Waals surface area (Å²) < 4.78 is 0.952. The Hall–Kier alpha value is -0.0500. The molecule has 1 saturated carbocycles. The molecular weight excluding hydrogens is 263 g/mol. The third-order valence-corrected chi connectivity index (χ3v) is 3.67. The molecule has 0 unspecified atom stereocenters. The summed E-state index contributed by atoms with van der Waals surface area (Å²) in [4.78, 5) is 0. The van der Waals surface area contributed by atoms with Crippen molar-refractivity contribution in [1.29, 1.82) is 0 Å². The van der Waals surface area contributed by atoms with Gasteiger partial charge in [0.15, 0.2) is 0 Å². The highest BCUT2D eigenvalue weighted by Crippen LogP contribution is 2.41. The first-order chi connectivity index (χ1) is 6.62. The van der Waals surface area contributed by atoms with Crippen LogP contribution in [0.2, 0.25) is 5.02 Å². The lowest BCUT2D eigenvalue weighted by Gasteiger charge is -2.23. The molecule has 14 heavy (non-hydrogen) atoms. The van der Waals surface area contributed by atoms with Gasteiger partial charge in [-0.2, -0.15) is 0 Å². The van der Waals surface area contributed by atoms with Crippen LogP contribution in [0.4, 0.5) is 0 Å². The summed E-state index contributed by atoms with van der Waals surface area (Å²) in [6.07, 6.45) is 3.83. The van der Waals surface area contributed by atoms with Gasteiger partial charge in [-0.25, -0.2) is 0 Å². The molecule has 0 aliphatic heterocycles. The molecule has 1 aromatic rings. The number of hydrogen-bond donors (Lipinski definition) is 1. The fourth-order valence-electron chi connectivity index (χ4n) is 2.10. The van der Waals surface area contributed by atoms with Crippen LogP contribution in [0, 0.1) is 0 Å². The molecule has 0 bridgehead atoms. The summed E-state index contributed by atoms with van der Waals surface area (Å²) in [5.41, 5.74) is 0.192. The third kappa shape index (κ3) is 1.83. The Morgan fingerprint density at radius 3 is 2.50 bits per heavy atom. The molecule has 0 aromatic heterocycles. The normalized spacial score (nSPS) is 19.9. The van der Waals surface area contributed by atoms with Crippen molar-refractivity contribution in [3.63, 3.8) is 0 Å². The average molecular weight is 276 g/mol. The minimum Gasteiger partial charge on any atom is -0.385 e. The highest BCUT2D eigenvalue weighted by molar-refractivity contribution is 9.10. The predicted octanol–water partition coefficient (Wildman–Crippen LogP) is 3.86. The van der Waals surface area contributed by atoms with Gasteiger partial charge in [-0.1, -0.05) is 46.4 Å². The van der Waals surface area contributed by atoms with Crippen LogP contribution in [-0.4, -0.2) is 5.11 Å². The molecule has 1 N–H and O–H groups in total. The Bertz CT molecular complexity index is 345. The van der Waals surface area contributed by atoms with Gasteiger partial charge >= 0.3 is 0 Å². The van der Waals surface area contributed by atoms with Crippen molar-refractivity contribution in [1.82, 2.24) is 0 Å². The molecule has 1 nitrogen and oxygen atoms in total. The minimum absolute atomic E-state index is 0.656. The van der Waals surface area contributed by atoms with Crippen molar-refractivity contribution < 1.29 is 5.11 Å². The molecule has 0 radical (unpaired) electrons. The van der Waals surface area contributed by atoms with E-state index < -0.39 is 5.60 Å². The van der Waals surface area contributed by atoms with E-state index in [2.05, 4.69) is 15.9 Å². The van der Waals surface area contributed by atoms with E-state index in [4.69, 9.17) is 11.6 Å². The molecule has 0 heterocycles. The predicted molar refractivity (Wildman–Crippen MR) is 61.5 cm³/mol. The molecule has 3 heteroatoms. The zero-order valence-electron chi connectivity index (χ0n) is 7.76. The second-order valence-electron chi connectivity index (χ2n) is 3.86. The van der Waals surface area contributed by atoms with Crippen LogP contribution in [0.25, 0.3) is 0 Å². The first-order valence-electron chi connectivity index (χ1n) is 4.80. The highest BCUT2D eigenvalue weighted by atomic mass is 79.9. The second-order valence-corrected chi connectivity index (χ2v) is 5.19. The number of halogens is 2. The van der Waals surface area contributed by atoms with Gasteiger partial charge in [-0.15, -0.1) is 0 Å². The summed E-state index contributed by atoms with van der Waals surface area (Å²) in [7, 11) is 0. The Balaban J connectivity index is 2.40. The van der Waals surface area contributed by atoms with Crippen LogP contribution in [0.15, 0.2) is 22.7 Å². The lowest BCUT2D eigenvalue weighted by atomic mass is 9.92. The molecule has 1 aliphatic rings. The summed E-state index contributed by atoms with van der Waals surface area (Å²) in [6, 6.07) is 5.68. The van der Waals surface area contributed by atoms with Gasteiger partial charge in [0.05, 0.1) is 5.60 Å². The summed E-state index contributed by atoms with van der Waals surface area (Å²) in [5, 5.41) is 11.0. The topological polar surface area (TPSA) is 20.2 Å². The lowest BCUT2D eigenvalue weighted by Crippen LogP contribution is -2.21. The average Bonchev–Trinajstić information content (AvgIpc) is 2.52. The SMILES string of the molecule is OC1(c2ccc(Br)cc2Cl)CCCC1. The molecule has 2 rings (SSSR count). The number of rotatable bonds is 1. The molecule has 76 valence electrons. The Morgan fingerprint density at radius 2 is 1.93 bits per heavy atom. The van der Waals surface area contributed by atoms with Crippen LogP contribution in [0.3, 0.4) is 0 Å². The van der Waals surface area contributed by atoms with Crippen LogP contribution in [-0.2, 0) is 5.60 Å². The Kier molecular flexibility index (Phi) is 2.87. The van der Waals surface area contributed by atoms with E-state index in [0.29, 0.717) is 5.02 Å². The van der Waals surface area contributed by atoms with E-state index in [0.717, 1.165) is 35.7 Å². The summed E-state index contributed by atoms with van der Waals surface area (Å²) in [6.45, 7) is 0. The number of aliphatic hydroxyl groups is 1.